The maximum atomic E-state index is 12.4. The van der Waals surface area contributed by atoms with Crippen LogP contribution in [0.3, 0.4) is 0 Å². The number of H-pyrrole nitrogens is 1. The van der Waals surface area contributed by atoms with Gasteiger partial charge in [-0.2, -0.15) is 15.3 Å². The van der Waals surface area contributed by atoms with Crippen molar-refractivity contribution in [1.29, 1.82) is 0 Å². The predicted molar refractivity (Wildman–Crippen MR) is 204 cm³/mol. The van der Waals surface area contributed by atoms with Gasteiger partial charge in [0, 0.05) is 51.3 Å². The van der Waals surface area contributed by atoms with Crippen molar-refractivity contribution in [3.05, 3.63) is 114 Å². The fourth-order valence-corrected chi connectivity index (χ4v) is 5.56. The molecule has 4 aromatic rings. The first-order chi connectivity index (χ1) is 26.9. The molecule has 1 aliphatic rings. The Morgan fingerprint density at radius 1 is 1.11 bits per heavy atom. The molecule has 17 nitrogen and oxygen atoms in total. The van der Waals surface area contributed by atoms with Gasteiger partial charge in [-0.25, -0.2) is 4.79 Å². The molecule has 3 aromatic carbocycles. The zero-order chi connectivity index (χ0) is 40.4. The Morgan fingerprint density at radius 2 is 1.85 bits per heavy atom. The molecule has 4 N–H and O–H groups in total. The van der Waals surface area contributed by atoms with Gasteiger partial charge >= 0.3 is 5.69 Å². The maximum Gasteiger partial charge on any atom is 0.330 e. The highest BCUT2D eigenvalue weighted by molar-refractivity contribution is 5.76. The molecular weight excluding hydrogens is 710 g/mol. The number of nitrogens with one attached hydrogen (secondary N) is 2. The molecule has 0 spiro atoms. The van der Waals surface area contributed by atoms with Gasteiger partial charge in [0.2, 0.25) is 5.91 Å². The van der Waals surface area contributed by atoms with E-state index in [1.54, 1.807) is 44.2 Å². The van der Waals surface area contributed by atoms with Gasteiger partial charge in [-0.05, 0) is 80.8 Å². The van der Waals surface area contributed by atoms with Crippen molar-refractivity contribution in [2.75, 3.05) is 25.0 Å². The van der Waals surface area contributed by atoms with E-state index in [4.69, 9.17) is 6.11 Å². The van der Waals surface area contributed by atoms with Crippen LogP contribution < -0.4 is 21.5 Å². The van der Waals surface area contributed by atoms with E-state index in [-0.39, 0.29) is 55.7 Å². The third-order valence-corrected chi connectivity index (χ3v) is 8.70. The lowest BCUT2D eigenvalue weighted by Crippen LogP contribution is -2.33. The van der Waals surface area contributed by atoms with Crippen molar-refractivity contribution in [2.45, 2.75) is 65.1 Å². The minimum Gasteiger partial charge on any atom is -0.392 e. The summed E-state index contributed by atoms with van der Waals surface area (Å²) in [5, 5.41) is 51.1. The number of ether oxygens (including phenoxy) is 1. The molecular formula is C38H41N9O8. The summed E-state index contributed by atoms with van der Waals surface area (Å²) >= 11 is 0. The van der Waals surface area contributed by atoms with Gasteiger partial charge in [-0.1, -0.05) is 17.9 Å². The van der Waals surface area contributed by atoms with Crippen molar-refractivity contribution in [2.24, 2.45) is 20.5 Å². The molecule has 0 bridgehead atoms. The average molecular weight is 753 g/mol. The topological polar surface area (TPSA) is 229 Å². The van der Waals surface area contributed by atoms with Crippen LogP contribution in [0.2, 0.25) is 0 Å². The zero-order valence-corrected chi connectivity index (χ0v) is 30.4. The van der Waals surface area contributed by atoms with Gasteiger partial charge in [-0.3, -0.25) is 29.3 Å². The molecule has 0 saturated carbocycles. The number of rotatable bonds is 13. The van der Waals surface area contributed by atoms with Crippen molar-refractivity contribution in [3.8, 4) is 11.8 Å². The number of amides is 1. The fraction of sp³-hybridized carbons (Fsp3) is 0.342. The van der Waals surface area contributed by atoms with Gasteiger partial charge in [0.1, 0.15) is 11.8 Å². The highest BCUT2D eigenvalue weighted by Crippen LogP contribution is 2.34. The zero-order valence-electron chi connectivity index (χ0n) is 31.4. The Morgan fingerprint density at radius 3 is 2.56 bits per heavy atom. The first kappa shape index (κ1) is 38.4. The van der Waals surface area contributed by atoms with Crippen LogP contribution >= 0.6 is 0 Å². The van der Waals surface area contributed by atoms with Gasteiger partial charge in [0.25, 0.3) is 11.2 Å². The molecule has 1 saturated heterocycles. The quantitative estimate of drug-likeness (QED) is 0.0589. The molecule has 1 aromatic heterocycles. The second kappa shape index (κ2) is 18.1. The molecule has 1 aliphatic heterocycles. The standard InChI is InChI=1S/C38H41N9O8/c1-23-9-14-30(33(17-23)47(53)54)42-43-31-19-27(22-48)32(18-24(31)2)44-41-28-10-12-29(13-11-28)45(4)16-6-8-35(50)39-15-5-7-26-21-46(38(52)40-37(26)51)36-20-34(49)25(3)55-36/h9-14,17-19,21,25,34,36,48-49H,6,8,15-16,20,22H2,1-4H3,(H,39,50)(H,40,51,52)/i3D. The normalized spacial score (nSPS) is 16.9. The molecule has 0 aliphatic carbocycles. The minimum absolute atomic E-state index is 0.00442. The smallest absolute Gasteiger partial charge is 0.330 e. The molecule has 55 heavy (non-hydrogen) atoms. The number of aryl methyl sites for hydroxylation is 2. The van der Waals surface area contributed by atoms with E-state index in [2.05, 4.69) is 42.6 Å². The number of hydrogen-bond acceptors (Lipinski definition) is 13. The Hall–Kier alpha value is -6.35. The van der Waals surface area contributed by atoms with Crippen molar-refractivity contribution >= 4 is 40.0 Å². The fourth-order valence-electron chi connectivity index (χ4n) is 5.56. The molecule has 3 unspecified atom stereocenters. The first-order valence-electron chi connectivity index (χ1n) is 18.0. The third kappa shape index (κ3) is 10.4. The third-order valence-electron chi connectivity index (χ3n) is 8.70. The highest BCUT2D eigenvalue weighted by Gasteiger charge is 2.32. The number of nitrogens with zero attached hydrogens (tertiary/aromatic N) is 7. The van der Waals surface area contributed by atoms with Crippen LogP contribution in [0.5, 0.6) is 0 Å². The second-order valence-corrected chi connectivity index (χ2v) is 12.8. The molecule has 1 amide bonds. The molecule has 2 heterocycles. The van der Waals surface area contributed by atoms with E-state index in [9.17, 15) is 34.7 Å². The summed E-state index contributed by atoms with van der Waals surface area (Å²) in [6, 6.07) is 15.3. The number of aliphatic hydroxyl groups excluding tert-OH is 2. The number of azo groups is 2. The Labute approximate surface area is 317 Å². The summed E-state index contributed by atoms with van der Waals surface area (Å²) < 4.78 is 14.1. The van der Waals surface area contributed by atoms with E-state index in [1.165, 1.54) is 18.3 Å². The molecule has 17 heteroatoms. The van der Waals surface area contributed by atoms with Crippen molar-refractivity contribution in [3.63, 3.8) is 0 Å². The molecule has 0 radical (unpaired) electrons. The number of aromatic nitrogens is 2. The lowest BCUT2D eigenvalue weighted by Gasteiger charge is -2.19. The molecule has 286 valence electrons. The lowest BCUT2D eigenvalue weighted by atomic mass is 10.1. The monoisotopic (exact) mass is 752 g/mol. The SMILES string of the molecule is [2H]CC1OC(n2cc(C#CCNC(=O)CCCN(C)c3ccc(N=Nc4cc(C)c(N=Nc5ccc(C)cc5[N+](=O)[O-])cc4CO)cc3)c(=O)[nH]c2=O)CC1O. The number of nitro benzene ring substituents is 1. The predicted octanol–water partition coefficient (Wildman–Crippen LogP) is 5.44. The van der Waals surface area contributed by atoms with Gasteiger partial charge < -0.3 is 25.2 Å². The summed E-state index contributed by atoms with van der Waals surface area (Å²) in [5.74, 6) is 5.15. The van der Waals surface area contributed by atoms with E-state index < -0.39 is 34.6 Å². The van der Waals surface area contributed by atoms with Gasteiger partial charge in [-0.15, -0.1) is 5.11 Å². The number of nitro groups is 1. The van der Waals surface area contributed by atoms with Crippen molar-refractivity contribution in [1.82, 2.24) is 14.9 Å². The lowest BCUT2D eigenvalue weighted by molar-refractivity contribution is -0.384. The van der Waals surface area contributed by atoms with Crippen LogP contribution in [-0.2, 0) is 16.1 Å². The van der Waals surface area contributed by atoms with Crippen LogP contribution in [0, 0.1) is 35.8 Å². The first-order valence-corrected chi connectivity index (χ1v) is 17.2. The molecule has 1 fully saturated rings. The van der Waals surface area contributed by atoms with E-state index in [0.717, 1.165) is 15.8 Å². The van der Waals surface area contributed by atoms with Crippen LogP contribution in [-0.4, -0.2) is 62.9 Å². The molecule has 5 rings (SSSR count). The molecule has 3 atom stereocenters. The number of aliphatic hydroxyl groups is 2. The summed E-state index contributed by atoms with van der Waals surface area (Å²) in [6.45, 7) is 3.59. The van der Waals surface area contributed by atoms with E-state index in [0.29, 0.717) is 41.2 Å². The number of carbonyl (C=O) groups is 1. The number of carbonyl (C=O) groups excluding carboxylic acids is 1. The van der Waals surface area contributed by atoms with E-state index in [1.807, 2.05) is 24.1 Å². The average Bonchev–Trinajstić information content (AvgIpc) is 3.56. The maximum absolute atomic E-state index is 12.4. The van der Waals surface area contributed by atoms with Crippen LogP contribution in [0.1, 0.15) is 56.0 Å². The summed E-state index contributed by atoms with van der Waals surface area (Å²) in [6.07, 6.45) is -0.328. The van der Waals surface area contributed by atoms with Crippen LogP contribution in [0.4, 0.5) is 34.1 Å². The second-order valence-electron chi connectivity index (χ2n) is 12.8. The van der Waals surface area contributed by atoms with Crippen LogP contribution in [0.15, 0.2) is 90.8 Å². The number of benzene rings is 3. The minimum atomic E-state index is -0.900. The summed E-state index contributed by atoms with van der Waals surface area (Å²) in [4.78, 5) is 52.1. The van der Waals surface area contributed by atoms with Crippen LogP contribution in [0.25, 0.3) is 0 Å². The summed E-state index contributed by atoms with van der Waals surface area (Å²) in [5.41, 5.74) is 2.75. The largest absolute Gasteiger partial charge is 0.392 e. The van der Waals surface area contributed by atoms with Gasteiger partial charge in [0.15, 0.2) is 5.69 Å². The van der Waals surface area contributed by atoms with Gasteiger partial charge in [0.05, 0.1) is 47.3 Å². The number of anilines is 1. The highest BCUT2D eigenvalue weighted by atomic mass is 16.6. The Kier molecular flexibility index (Phi) is 12.6. The van der Waals surface area contributed by atoms with Crippen molar-refractivity contribution < 1.29 is 26.0 Å². The number of hydrogen-bond donors (Lipinski definition) is 4. The Bertz CT molecular complexity index is 2320. The Balaban J connectivity index is 1.10. The summed E-state index contributed by atoms with van der Waals surface area (Å²) in [7, 11) is 1.90. The van der Waals surface area contributed by atoms with E-state index >= 15 is 0 Å². The number of aromatic amines is 1.